The lowest BCUT2D eigenvalue weighted by molar-refractivity contribution is -0.117. The molecule has 0 spiro atoms. The van der Waals surface area contributed by atoms with E-state index in [9.17, 15) is 13.6 Å². The Hall–Kier alpha value is -2.47. The number of amides is 1. The van der Waals surface area contributed by atoms with Crippen LogP contribution in [0.4, 0.5) is 20.2 Å². The largest absolute Gasteiger partial charge is 0.367 e. The first kappa shape index (κ1) is 17.4. The van der Waals surface area contributed by atoms with Crippen LogP contribution in [0.3, 0.4) is 0 Å². The van der Waals surface area contributed by atoms with Gasteiger partial charge in [0.05, 0.1) is 12.2 Å². The monoisotopic (exact) mass is 345 g/mol. The van der Waals surface area contributed by atoms with E-state index in [-0.39, 0.29) is 24.1 Å². The van der Waals surface area contributed by atoms with E-state index in [0.717, 1.165) is 5.56 Å². The molecule has 0 atom stereocenters. The van der Waals surface area contributed by atoms with Gasteiger partial charge in [-0.25, -0.2) is 8.78 Å². The molecule has 1 heterocycles. The lowest BCUT2D eigenvalue weighted by Crippen LogP contribution is -2.48. The molecular weight excluding hydrogens is 324 g/mol. The van der Waals surface area contributed by atoms with Crippen molar-refractivity contribution in [3.63, 3.8) is 0 Å². The standard InChI is InChI=1S/C19H21F2N3O/c1-14-6-7-15(20)12-17(14)22-19(25)13-23-8-10-24(11-9-23)18-5-3-2-4-16(18)21/h2-7,12H,8-11,13H2,1H3,(H,22,25). The number of carbonyl (C=O) groups is 1. The van der Waals surface area contributed by atoms with E-state index in [1.165, 1.54) is 18.2 Å². The third-order valence-electron chi connectivity index (χ3n) is 4.41. The second-order valence-corrected chi connectivity index (χ2v) is 6.22. The molecule has 0 radical (unpaired) electrons. The van der Waals surface area contributed by atoms with Gasteiger partial charge in [-0.15, -0.1) is 0 Å². The molecule has 1 N–H and O–H groups in total. The second kappa shape index (κ2) is 7.61. The number of para-hydroxylation sites is 1. The van der Waals surface area contributed by atoms with Gasteiger partial charge in [-0.1, -0.05) is 18.2 Å². The maximum absolute atomic E-state index is 13.8. The summed E-state index contributed by atoms with van der Waals surface area (Å²) in [6.07, 6.45) is 0. The Bertz CT molecular complexity index is 758. The van der Waals surface area contributed by atoms with Gasteiger partial charge in [-0.3, -0.25) is 9.69 Å². The third-order valence-corrected chi connectivity index (χ3v) is 4.41. The highest BCUT2D eigenvalue weighted by Gasteiger charge is 2.21. The van der Waals surface area contributed by atoms with Gasteiger partial charge in [0.2, 0.25) is 5.91 Å². The fourth-order valence-corrected chi connectivity index (χ4v) is 2.98. The highest BCUT2D eigenvalue weighted by atomic mass is 19.1. The van der Waals surface area contributed by atoms with Crippen molar-refractivity contribution < 1.29 is 13.6 Å². The van der Waals surface area contributed by atoms with E-state index in [2.05, 4.69) is 5.32 Å². The van der Waals surface area contributed by atoms with Gasteiger partial charge < -0.3 is 10.2 Å². The quantitative estimate of drug-likeness (QED) is 0.925. The number of hydrogen-bond acceptors (Lipinski definition) is 3. The van der Waals surface area contributed by atoms with E-state index in [1.54, 1.807) is 18.2 Å². The van der Waals surface area contributed by atoms with Crippen LogP contribution in [0, 0.1) is 18.6 Å². The van der Waals surface area contributed by atoms with Crippen LogP contribution in [-0.2, 0) is 4.79 Å². The molecule has 2 aromatic rings. The van der Waals surface area contributed by atoms with Crippen LogP contribution in [-0.4, -0.2) is 43.5 Å². The first-order chi connectivity index (χ1) is 12.0. The molecule has 1 fully saturated rings. The average Bonchev–Trinajstić information content (AvgIpc) is 2.59. The van der Waals surface area contributed by atoms with E-state index in [0.29, 0.717) is 37.6 Å². The molecule has 3 rings (SSSR count). The summed E-state index contributed by atoms with van der Waals surface area (Å²) in [6.45, 7) is 4.72. The van der Waals surface area contributed by atoms with Crippen molar-refractivity contribution in [3.05, 3.63) is 59.7 Å². The maximum Gasteiger partial charge on any atom is 0.238 e. The highest BCUT2D eigenvalue weighted by molar-refractivity contribution is 5.93. The highest BCUT2D eigenvalue weighted by Crippen LogP contribution is 2.20. The van der Waals surface area contributed by atoms with Crippen molar-refractivity contribution in [1.82, 2.24) is 4.90 Å². The van der Waals surface area contributed by atoms with Crippen molar-refractivity contribution in [2.24, 2.45) is 0 Å². The molecular formula is C19H21F2N3O. The minimum atomic E-state index is -0.376. The number of benzene rings is 2. The zero-order valence-electron chi connectivity index (χ0n) is 14.1. The van der Waals surface area contributed by atoms with E-state index < -0.39 is 0 Å². The molecule has 1 saturated heterocycles. The zero-order valence-corrected chi connectivity index (χ0v) is 14.1. The number of hydrogen-bond donors (Lipinski definition) is 1. The van der Waals surface area contributed by atoms with Gasteiger partial charge in [-0.05, 0) is 36.8 Å². The van der Waals surface area contributed by atoms with Crippen LogP contribution in [0.5, 0.6) is 0 Å². The molecule has 2 aromatic carbocycles. The topological polar surface area (TPSA) is 35.6 Å². The number of nitrogens with zero attached hydrogens (tertiary/aromatic N) is 2. The molecule has 0 aliphatic carbocycles. The van der Waals surface area contributed by atoms with E-state index >= 15 is 0 Å². The lowest BCUT2D eigenvalue weighted by Gasteiger charge is -2.35. The molecule has 4 nitrogen and oxygen atoms in total. The molecule has 132 valence electrons. The summed E-state index contributed by atoms with van der Waals surface area (Å²) in [5.41, 5.74) is 1.91. The second-order valence-electron chi connectivity index (χ2n) is 6.22. The Morgan fingerprint density at radius 1 is 1.08 bits per heavy atom. The molecule has 25 heavy (non-hydrogen) atoms. The van der Waals surface area contributed by atoms with Gasteiger partial charge in [0.25, 0.3) is 0 Å². The Balaban J connectivity index is 1.53. The molecule has 1 amide bonds. The number of halogens is 2. The van der Waals surface area contributed by atoms with Crippen molar-refractivity contribution in [3.8, 4) is 0 Å². The fourth-order valence-electron chi connectivity index (χ4n) is 2.98. The molecule has 0 aromatic heterocycles. The minimum absolute atomic E-state index is 0.173. The minimum Gasteiger partial charge on any atom is -0.367 e. The fraction of sp³-hybridized carbons (Fsp3) is 0.316. The van der Waals surface area contributed by atoms with Crippen LogP contribution in [0.15, 0.2) is 42.5 Å². The summed E-state index contributed by atoms with van der Waals surface area (Å²) in [4.78, 5) is 16.2. The zero-order chi connectivity index (χ0) is 17.8. The summed E-state index contributed by atoms with van der Waals surface area (Å²) in [5, 5.41) is 2.76. The van der Waals surface area contributed by atoms with Crippen LogP contribution in [0.2, 0.25) is 0 Å². The predicted molar refractivity (Wildman–Crippen MR) is 94.8 cm³/mol. The average molecular weight is 345 g/mol. The summed E-state index contributed by atoms with van der Waals surface area (Å²) >= 11 is 0. The van der Waals surface area contributed by atoms with Crippen LogP contribution >= 0.6 is 0 Å². The normalized spacial score (nSPS) is 15.2. The summed E-state index contributed by atoms with van der Waals surface area (Å²) in [6, 6.07) is 11.0. The number of anilines is 2. The summed E-state index contributed by atoms with van der Waals surface area (Å²) < 4.78 is 27.1. The van der Waals surface area contributed by atoms with Crippen molar-refractivity contribution in [2.75, 3.05) is 42.9 Å². The van der Waals surface area contributed by atoms with Gasteiger partial charge in [0.15, 0.2) is 0 Å². The Morgan fingerprint density at radius 3 is 2.52 bits per heavy atom. The van der Waals surface area contributed by atoms with Gasteiger partial charge >= 0.3 is 0 Å². The number of carbonyl (C=O) groups excluding carboxylic acids is 1. The number of rotatable bonds is 4. The predicted octanol–water partition coefficient (Wildman–Crippen LogP) is 3.03. The molecule has 0 unspecified atom stereocenters. The van der Waals surface area contributed by atoms with Crippen LogP contribution < -0.4 is 10.2 Å². The molecule has 1 aliphatic rings. The number of piperazine rings is 1. The van der Waals surface area contributed by atoms with Gasteiger partial charge in [-0.2, -0.15) is 0 Å². The first-order valence-electron chi connectivity index (χ1n) is 8.31. The van der Waals surface area contributed by atoms with Gasteiger partial charge in [0, 0.05) is 31.9 Å². The smallest absolute Gasteiger partial charge is 0.238 e. The van der Waals surface area contributed by atoms with Crippen molar-refractivity contribution in [2.45, 2.75) is 6.92 Å². The molecule has 1 aliphatic heterocycles. The molecule has 0 bridgehead atoms. The Kier molecular flexibility index (Phi) is 5.28. The number of nitrogens with one attached hydrogen (secondary N) is 1. The summed E-state index contributed by atoms with van der Waals surface area (Å²) in [7, 11) is 0. The lowest BCUT2D eigenvalue weighted by atomic mass is 10.2. The van der Waals surface area contributed by atoms with E-state index in [1.807, 2.05) is 22.8 Å². The molecule has 0 saturated carbocycles. The van der Waals surface area contributed by atoms with Crippen molar-refractivity contribution in [1.29, 1.82) is 0 Å². The van der Waals surface area contributed by atoms with Gasteiger partial charge in [0.1, 0.15) is 11.6 Å². The third kappa shape index (κ3) is 4.33. The maximum atomic E-state index is 13.8. The Labute approximate surface area is 146 Å². The van der Waals surface area contributed by atoms with Crippen LogP contribution in [0.1, 0.15) is 5.56 Å². The van der Waals surface area contributed by atoms with Crippen molar-refractivity contribution >= 4 is 17.3 Å². The number of aryl methyl sites for hydroxylation is 1. The Morgan fingerprint density at radius 2 is 1.80 bits per heavy atom. The molecule has 6 heteroatoms. The van der Waals surface area contributed by atoms with E-state index in [4.69, 9.17) is 0 Å². The SMILES string of the molecule is Cc1ccc(F)cc1NC(=O)CN1CCN(c2ccccc2F)CC1. The summed E-state index contributed by atoms with van der Waals surface area (Å²) in [5.74, 6) is -0.775. The first-order valence-corrected chi connectivity index (χ1v) is 8.31. The van der Waals surface area contributed by atoms with Crippen LogP contribution in [0.25, 0.3) is 0 Å².